The lowest BCUT2D eigenvalue weighted by Crippen LogP contribution is -2.07. The fourth-order valence-corrected chi connectivity index (χ4v) is 1.88. The first-order valence-corrected chi connectivity index (χ1v) is 6.32. The van der Waals surface area contributed by atoms with Gasteiger partial charge >= 0.3 is 6.18 Å². The van der Waals surface area contributed by atoms with Gasteiger partial charge in [0.2, 0.25) is 0 Å². The maximum absolute atomic E-state index is 12.9. The van der Waals surface area contributed by atoms with E-state index >= 15 is 0 Å². The number of aryl methyl sites for hydroxylation is 1. The lowest BCUT2D eigenvalue weighted by Gasteiger charge is -2.12. The van der Waals surface area contributed by atoms with Gasteiger partial charge in [-0.25, -0.2) is 0 Å². The molecular weight excluding hydrogens is 279 g/mol. The van der Waals surface area contributed by atoms with E-state index in [9.17, 15) is 13.2 Å². The second-order valence-electron chi connectivity index (χ2n) is 4.42. The molecule has 21 heavy (non-hydrogen) atoms. The molecule has 0 spiro atoms. The Bertz CT molecular complexity index is 687. The normalized spacial score (nSPS) is 11.0. The summed E-state index contributed by atoms with van der Waals surface area (Å²) in [7, 11) is 0. The second kappa shape index (κ2) is 5.88. The molecule has 0 saturated heterocycles. The number of hydrogen-bond acceptors (Lipinski definition) is 2. The molecule has 0 atom stereocenters. The maximum atomic E-state index is 12.9. The molecule has 0 unspecified atom stereocenters. The summed E-state index contributed by atoms with van der Waals surface area (Å²) in [5, 5.41) is 8.74. The molecule has 2 rings (SSSR count). The van der Waals surface area contributed by atoms with Crippen LogP contribution in [0.5, 0.6) is 11.5 Å². The summed E-state index contributed by atoms with van der Waals surface area (Å²) in [5.74, 6) is 0.516. The molecule has 0 saturated carbocycles. The number of nitrogens with zero attached hydrogens (tertiary/aromatic N) is 1. The number of benzene rings is 2. The van der Waals surface area contributed by atoms with E-state index in [0.29, 0.717) is 5.75 Å². The molecular formula is C16H12F3NO. The predicted octanol–water partition coefficient (Wildman–Crippen LogP) is 4.93. The number of ether oxygens (including phenoxy) is 1. The Hall–Kier alpha value is -2.48. The Morgan fingerprint density at radius 1 is 1.10 bits per heavy atom. The fourth-order valence-electron chi connectivity index (χ4n) is 1.88. The van der Waals surface area contributed by atoms with Gasteiger partial charge in [-0.05, 0) is 42.3 Å². The van der Waals surface area contributed by atoms with Crippen LogP contribution in [0.2, 0.25) is 0 Å². The monoisotopic (exact) mass is 291 g/mol. The third kappa shape index (κ3) is 3.54. The minimum absolute atomic E-state index is 0.0505. The van der Waals surface area contributed by atoms with E-state index in [4.69, 9.17) is 10.00 Å². The van der Waals surface area contributed by atoms with Crippen LogP contribution in [0.25, 0.3) is 0 Å². The van der Waals surface area contributed by atoms with Crippen LogP contribution in [0.3, 0.4) is 0 Å². The summed E-state index contributed by atoms with van der Waals surface area (Å²) >= 11 is 0. The number of rotatable bonds is 3. The largest absolute Gasteiger partial charge is 0.457 e. The Kier molecular flexibility index (Phi) is 4.18. The Balaban J connectivity index is 2.35. The topological polar surface area (TPSA) is 33.0 Å². The van der Waals surface area contributed by atoms with E-state index in [1.54, 1.807) is 18.2 Å². The van der Waals surface area contributed by atoms with Crippen LogP contribution >= 0.6 is 0 Å². The summed E-state index contributed by atoms with van der Waals surface area (Å²) < 4.78 is 44.0. The van der Waals surface area contributed by atoms with Gasteiger partial charge in [-0.1, -0.05) is 19.1 Å². The van der Waals surface area contributed by atoms with Crippen LogP contribution in [0.4, 0.5) is 13.2 Å². The smallest absolute Gasteiger partial charge is 0.417 e. The van der Waals surface area contributed by atoms with Gasteiger partial charge in [0, 0.05) is 0 Å². The van der Waals surface area contributed by atoms with Crippen molar-refractivity contribution >= 4 is 0 Å². The van der Waals surface area contributed by atoms with Gasteiger partial charge in [-0.15, -0.1) is 0 Å². The highest BCUT2D eigenvalue weighted by molar-refractivity contribution is 5.45. The van der Waals surface area contributed by atoms with Crippen LogP contribution in [0, 0.1) is 11.3 Å². The van der Waals surface area contributed by atoms with Crippen molar-refractivity contribution in [2.45, 2.75) is 19.5 Å². The Morgan fingerprint density at radius 2 is 1.81 bits per heavy atom. The van der Waals surface area contributed by atoms with E-state index in [1.807, 2.05) is 13.0 Å². The van der Waals surface area contributed by atoms with Crippen LogP contribution < -0.4 is 4.74 Å². The Morgan fingerprint density at radius 3 is 2.43 bits per heavy atom. The molecule has 0 N–H and O–H groups in total. The molecule has 0 amide bonds. The quantitative estimate of drug-likeness (QED) is 0.803. The number of hydrogen-bond donors (Lipinski definition) is 0. The molecule has 0 aliphatic rings. The lowest BCUT2D eigenvalue weighted by atomic mass is 10.1. The van der Waals surface area contributed by atoms with Crippen molar-refractivity contribution in [2.24, 2.45) is 0 Å². The molecule has 0 heterocycles. The average molecular weight is 291 g/mol. The number of alkyl halides is 3. The number of nitriles is 1. The van der Waals surface area contributed by atoms with E-state index in [-0.39, 0.29) is 5.75 Å². The first kappa shape index (κ1) is 14.9. The Labute approximate surface area is 120 Å². The summed E-state index contributed by atoms with van der Waals surface area (Å²) in [5.41, 5.74) is -0.386. The molecule has 0 aliphatic carbocycles. The maximum Gasteiger partial charge on any atom is 0.417 e. The molecule has 0 aliphatic heterocycles. The van der Waals surface area contributed by atoms with Gasteiger partial charge < -0.3 is 4.74 Å². The second-order valence-corrected chi connectivity index (χ2v) is 4.42. The van der Waals surface area contributed by atoms with Crippen LogP contribution in [-0.4, -0.2) is 0 Å². The SMILES string of the molecule is CCc1cccc(Oc2ccc(C#N)c(C(F)(F)F)c2)c1. The van der Waals surface area contributed by atoms with Crippen molar-refractivity contribution in [3.8, 4) is 17.6 Å². The van der Waals surface area contributed by atoms with Crippen molar-refractivity contribution in [3.63, 3.8) is 0 Å². The van der Waals surface area contributed by atoms with E-state index < -0.39 is 17.3 Å². The van der Waals surface area contributed by atoms with Gasteiger partial charge in [0.25, 0.3) is 0 Å². The molecule has 0 bridgehead atoms. The zero-order chi connectivity index (χ0) is 15.5. The van der Waals surface area contributed by atoms with E-state index in [2.05, 4.69) is 0 Å². The molecule has 0 fully saturated rings. The van der Waals surface area contributed by atoms with Crippen molar-refractivity contribution in [1.29, 1.82) is 5.26 Å². The van der Waals surface area contributed by atoms with E-state index in [1.165, 1.54) is 12.1 Å². The average Bonchev–Trinajstić information content (AvgIpc) is 2.46. The molecule has 0 aromatic heterocycles. The standard InChI is InChI=1S/C16H12F3NO/c1-2-11-4-3-5-13(8-11)21-14-7-6-12(10-20)15(9-14)16(17,18)19/h3-9H,2H2,1H3. The molecule has 0 radical (unpaired) electrons. The minimum Gasteiger partial charge on any atom is -0.457 e. The molecule has 2 aromatic carbocycles. The highest BCUT2D eigenvalue weighted by Crippen LogP contribution is 2.35. The van der Waals surface area contributed by atoms with Gasteiger partial charge in [-0.2, -0.15) is 18.4 Å². The summed E-state index contributed by atoms with van der Waals surface area (Å²) in [6.45, 7) is 1.97. The molecule has 5 heteroatoms. The van der Waals surface area contributed by atoms with Crippen LogP contribution in [0.1, 0.15) is 23.6 Å². The minimum atomic E-state index is -4.59. The molecule has 2 nitrogen and oxygen atoms in total. The van der Waals surface area contributed by atoms with Gasteiger partial charge in [-0.3, -0.25) is 0 Å². The molecule has 2 aromatic rings. The van der Waals surface area contributed by atoms with Crippen LogP contribution in [0.15, 0.2) is 42.5 Å². The number of halogens is 3. The van der Waals surface area contributed by atoms with Crippen molar-refractivity contribution < 1.29 is 17.9 Å². The first-order valence-electron chi connectivity index (χ1n) is 6.32. The lowest BCUT2D eigenvalue weighted by molar-refractivity contribution is -0.137. The van der Waals surface area contributed by atoms with Crippen molar-refractivity contribution in [2.75, 3.05) is 0 Å². The summed E-state index contributed by atoms with van der Waals surface area (Å²) in [6.07, 6.45) is -3.78. The summed E-state index contributed by atoms with van der Waals surface area (Å²) in [4.78, 5) is 0. The third-order valence-electron chi connectivity index (χ3n) is 2.96. The zero-order valence-electron chi connectivity index (χ0n) is 11.2. The first-order chi connectivity index (χ1) is 9.94. The summed E-state index contributed by atoms with van der Waals surface area (Å²) in [6, 6.07) is 12.0. The molecule has 108 valence electrons. The van der Waals surface area contributed by atoms with Crippen molar-refractivity contribution in [3.05, 3.63) is 59.2 Å². The highest BCUT2D eigenvalue weighted by atomic mass is 19.4. The predicted molar refractivity (Wildman–Crippen MR) is 72.1 cm³/mol. The van der Waals surface area contributed by atoms with Gasteiger partial charge in [0.05, 0.1) is 17.2 Å². The van der Waals surface area contributed by atoms with Crippen molar-refractivity contribution in [1.82, 2.24) is 0 Å². The fraction of sp³-hybridized carbons (Fsp3) is 0.188. The van der Waals surface area contributed by atoms with Gasteiger partial charge in [0.1, 0.15) is 11.5 Å². The zero-order valence-corrected chi connectivity index (χ0v) is 11.2. The third-order valence-corrected chi connectivity index (χ3v) is 2.96. The van der Waals surface area contributed by atoms with Crippen LogP contribution in [-0.2, 0) is 12.6 Å². The highest BCUT2D eigenvalue weighted by Gasteiger charge is 2.34. The van der Waals surface area contributed by atoms with Gasteiger partial charge in [0.15, 0.2) is 0 Å². The van der Waals surface area contributed by atoms with E-state index in [0.717, 1.165) is 24.1 Å².